The van der Waals surface area contributed by atoms with E-state index in [0.29, 0.717) is 17.4 Å². The minimum Gasteiger partial charge on any atom is -0.381 e. The van der Waals surface area contributed by atoms with Crippen molar-refractivity contribution in [1.29, 1.82) is 0 Å². The summed E-state index contributed by atoms with van der Waals surface area (Å²) >= 11 is 0. The summed E-state index contributed by atoms with van der Waals surface area (Å²) in [5.74, 6) is 0.676. The molecule has 0 amide bonds. The summed E-state index contributed by atoms with van der Waals surface area (Å²) in [6, 6.07) is 0. The Morgan fingerprint density at radius 2 is 2.09 bits per heavy atom. The van der Waals surface area contributed by atoms with Crippen molar-refractivity contribution >= 4 is 0 Å². The Bertz CT molecular complexity index is 140. The lowest BCUT2D eigenvalue weighted by atomic mass is 10.0. The first kappa shape index (κ1) is 7.56. The van der Waals surface area contributed by atoms with E-state index in [1.165, 1.54) is 25.7 Å². The molecule has 2 saturated carbocycles. The molecular formula is C9H17NO. The molecule has 2 heteroatoms. The van der Waals surface area contributed by atoms with E-state index in [4.69, 9.17) is 10.5 Å². The van der Waals surface area contributed by atoms with Gasteiger partial charge in [-0.15, -0.1) is 0 Å². The topological polar surface area (TPSA) is 35.2 Å². The minimum absolute atomic E-state index is 0.495. The Labute approximate surface area is 68.1 Å². The largest absolute Gasteiger partial charge is 0.381 e. The van der Waals surface area contributed by atoms with Crippen LogP contribution in [0.3, 0.4) is 0 Å². The maximum atomic E-state index is 5.67. The summed E-state index contributed by atoms with van der Waals surface area (Å²) < 4.78 is 5.42. The van der Waals surface area contributed by atoms with Crippen LogP contribution in [0, 0.1) is 11.3 Å². The third-order valence-electron chi connectivity index (χ3n) is 3.60. The van der Waals surface area contributed by atoms with Crippen LogP contribution in [0.15, 0.2) is 0 Å². The summed E-state index contributed by atoms with van der Waals surface area (Å²) in [6.45, 7) is 0.818. The van der Waals surface area contributed by atoms with Gasteiger partial charge >= 0.3 is 0 Å². The Morgan fingerprint density at radius 3 is 2.45 bits per heavy atom. The number of hydrogen-bond acceptors (Lipinski definition) is 2. The smallest absolute Gasteiger partial charge is 0.0678 e. The minimum atomic E-state index is 0.495. The van der Waals surface area contributed by atoms with E-state index >= 15 is 0 Å². The second-order valence-corrected chi connectivity index (χ2v) is 3.94. The maximum absolute atomic E-state index is 5.67. The zero-order chi connectivity index (χ0) is 7.90. The molecular weight excluding hydrogens is 138 g/mol. The highest BCUT2D eigenvalue weighted by atomic mass is 16.5. The van der Waals surface area contributed by atoms with Crippen molar-refractivity contribution in [3.05, 3.63) is 0 Å². The fraction of sp³-hybridized carbons (Fsp3) is 1.00. The first-order valence-corrected chi connectivity index (χ1v) is 4.58. The number of nitrogens with two attached hydrogens (primary N) is 1. The van der Waals surface area contributed by atoms with Crippen molar-refractivity contribution in [3.8, 4) is 0 Å². The average Bonchev–Trinajstić information content (AvgIpc) is 2.39. The molecule has 2 atom stereocenters. The standard InChI is InChI=1S/C9H17NO/c1-11-8-7(6-10)9(8)4-2-3-5-9/h7-8H,2-6,10H2,1H3. The van der Waals surface area contributed by atoms with Gasteiger partial charge in [0, 0.05) is 18.4 Å². The Hall–Kier alpha value is -0.0800. The van der Waals surface area contributed by atoms with Gasteiger partial charge in [0.1, 0.15) is 0 Å². The average molecular weight is 155 g/mol. The molecule has 11 heavy (non-hydrogen) atoms. The van der Waals surface area contributed by atoms with Crippen LogP contribution in [-0.2, 0) is 4.74 Å². The highest BCUT2D eigenvalue weighted by Crippen LogP contribution is 2.63. The molecule has 2 aliphatic carbocycles. The summed E-state index contributed by atoms with van der Waals surface area (Å²) in [5.41, 5.74) is 6.21. The van der Waals surface area contributed by atoms with Crippen LogP contribution in [0.5, 0.6) is 0 Å². The van der Waals surface area contributed by atoms with Crippen molar-refractivity contribution in [3.63, 3.8) is 0 Å². The van der Waals surface area contributed by atoms with Crippen molar-refractivity contribution in [2.45, 2.75) is 31.8 Å². The van der Waals surface area contributed by atoms with Crippen molar-refractivity contribution in [1.82, 2.24) is 0 Å². The molecule has 64 valence electrons. The van der Waals surface area contributed by atoms with Gasteiger partial charge in [0.15, 0.2) is 0 Å². The molecule has 0 bridgehead atoms. The molecule has 0 heterocycles. The maximum Gasteiger partial charge on any atom is 0.0678 e. The normalized spacial score (nSPS) is 39.8. The van der Waals surface area contributed by atoms with Crippen LogP contribution in [0.1, 0.15) is 25.7 Å². The molecule has 0 aliphatic heterocycles. The van der Waals surface area contributed by atoms with Crippen LogP contribution in [0.4, 0.5) is 0 Å². The van der Waals surface area contributed by atoms with Crippen LogP contribution >= 0.6 is 0 Å². The van der Waals surface area contributed by atoms with Crippen molar-refractivity contribution < 1.29 is 4.74 Å². The zero-order valence-corrected chi connectivity index (χ0v) is 7.18. The predicted molar refractivity (Wildman–Crippen MR) is 44.2 cm³/mol. The predicted octanol–water partition coefficient (Wildman–Crippen LogP) is 1.15. The molecule has 2 unspecified atom stereocenters. The van der Waals surface area contributed by atoms with E-state index in [-0.39, 0.29) is 0 Å². The molecule has 2 fully saturated rings. The van der Waals surface area contributed by atoms with Gasteiger partial charge < -0.3 is 10.5 Å². The summed E-state index contributed by atoms with van der Waals surface area (Å²) in [6.07, 6.45) is 5.98. The van der Waals surface area contributed by atoms with E-state index in [1.807, 2.05) is 7.11 Å². The van der Waals surface area contributed by atoms with E-state index in [2.05, 4.69) is 0 Å². The quantitative estimate of drug-likeness (QED) is 0.649. The summed E-state index contributed by atoms with van der Waals surface area (Å²) in [4.78, 5) is 0. The van der Waals surface area contributed by atoms with Crippen LogP contribution < -0.4 is 5.73 Å². The van der Waals surface area contributed by atoms with Gasteiger partial charge in [0.05, 0.1) is 6.10 Å². The molecule has 0 aromatic rings. The first-order valence-electron chi connectivity index (χ1n) is 4.58. The van der Waals surface area contributed by atoms with Gasteiger partial charge in [-0.2, -0.15) is 0 Å². The van der Waals surface area contributed by atoms with E-state index < -0.39 is 0 Å². The second-order valence-electron chi connectivity index (χ2n) is 3.94. The summed E-state index contributed by atoms with van der Waals surface area (Å²) in [5, 5.41) is 0. The third kappa shape index (κ3) is 0.859. The van der Waals surface area contributed by atoms with E-state index in [9.17, 15) is 0 Å². The third-order valence-corrected chi connectivity index (χ3v) is 3.60. The lowest BCUT2D eigenvalue weighted by Gasteiger charge is -2.05. The second kappa shape index (κ2) is 2.46. The molecule has 1 spiro atoms. The van der Waals surface area contributed by atoms with Crippen LogP contribution in [-0.4, -0.2) is 19.8 Å². The molecule has 2 rings (SSSR count). The molecule has 2 N–H and O–H groups in total. The van der Waals surface area contributed by atoms with E-state index in [1.54, 1.807) is 0 Å². The van der Waals surface area contributed by atoms with Gasteiger partial charge in [-0.1, -0.05) is 12.8 Å². The SMILES string of the molecule is COC1C(CN)C12CCCC2. The van der Waals surface area contributed by atoms with Gasteiger partial charge in [-0.3, -0.25) is 0 Å². The molecule has 0 aromatic heterocycles. The number of rotatable bonds is 2. The zero-order valence-electron chi connectivity index (χ0n) is 7.18. The summed E-state index contributed by atoms with van der Waals surface area (Å²) in [7, 11) is 1.82. The van der Waals surface area contributed by atoms with Gasteiger partial charge in [-0.05, 0) is 19.4 Å². The lowest BCUT2D eigenvalue weighted by molar-refractivity contribution is 0.141. The highest BCUT2D eigenvalue weighted by molar-refractivity contribution is 5.14. The Balaban J connectivity index is 2.04. The van der Waals surface area contributed by atoms with Gasteiger partial charge in [0.25, 0.3) is 0 Å². The number of ether oxygens (including phenoxy) is 1. The lowest BCUT2D eigenvalue weighted by Crippen LogP contribution is -2.07. The van der Waals surface area contributed by atoms with Gasteiger partial charge in [0.2, 0.25) is 0 Å². The van der Waals surface area contributed by atoms with Crippen LogP contribution in [0.25, 0.3) is 0 Å². The number of hydrogen-bond donors (Lipinski definition) is 1. The van der Waals surface area contributed by atoms with E-state index in [0.717, 1.165) is 6.54 Å². The molecule has 0 saturated heterocycles. The fourth-order valence-corrected chi connectivity index (χ4v) is 2.98. The van der Waals surface area contributed by atoms with Crippen LogP contribution in [0.2, 0.25) is 0 Å². The first-order chi connectivity index (χ1) is 5.35. The Morgan fingerprint density at radius 1 is 1.45 bits per heavy atom. The molecule has 0 radical (unpaired) electrons. The van der Waals surface area contributed by atoms with Crippen molar-refractivity contribution in [2.75, 3.05) is 13.7 Å². The molecule has 2 aliphatic rings. The molecule has 0 aromatic carbocycles. The Kier molecular flexibility index (Phi) is 1.69. The molecule has 2 nitrogen and oxygen atoms in total. The fourth-order valence-electron chi connectivity index (χ4n) is 2.98. The number of methoxy groups -OCH3 is 1. The monoisotopic (exact) mass is 155 g/mol. The van der Waals surface area contributed by atoms with Gasteiger partial charge in [-0.25, -0.2) is 0 Å². The highest BCUT2D eigenvalue weighted by Gasteiger charge is 2.64. The van der Waals surface area contributed by atoms with Crippen molar-refractivity contribution in [2.24, 2.45) is 17.1 Å².